The predicted molar refractivity (Wildman–Crippen MR) is 107 cm³/mol. The fourth-order valence-electron chi connectivity index (χ4n) is 3.30. The van der Waals surface area contributed by atoms with Gasteiger partial charge >= 0.3 is 0 Å². The molecule has 1 aromatic rings. The van der Waals surface area contributed by atoms with E-state index in [4.69, 9.17) is 15.2 Å². The van der Waals surface area contributed by atoms with E-state index in [1.165, 1.54) is 36.3 Å². The van der Waals surface area contributed by atoms with Gasteiger partial charge in [0, 0.05) is 13.1 Å². The lowest BCUT2D eigenvalue weighted by Crippen LogP contribution is -2.55. The summed E-state index contributed by atoms with van der Waals surface area (Å²) in [6.07, 6.45) is -0.540. The maximum Gasteiger partial charge on any atom is 0.237 e. The number of hydrogen-bond acceptors (Lipinski definition) is 8. The number of benzene rings is 1. The van der Waals surface area contributed by atoms with Crippen LogP contribution >= 0.6 is 0 Å². The minimum absolute atomic E-state index is 0.117. The monoisotopic (exact) mass is 443 g/mol. The van der Waals surface area contributed by atoms with Gasteiger partial charge in [0.2, 0.25) is 11.8 Å². The van der Waals surface area contributed by atoms with Crippen molar-refractivity contribution in [3.8, 4) is 5.75 Å². The number of nitrogens with two attached hydrogens (primary N) is 1. The Bertz CT molecular complexity index is 836. The number of sulfone groups is 1. The maximum absolute atomic E-state index is 13.4. The molecule has 0 spiro atoms. The van der Waals surface area contributed by atoms with Gasteiger partial charge in [-0.15, -0.1) is 0 Å². The molecule has 1 unspecified atom stereocenters. The highest BCUT2D eigenvalue weighted by atomic mass is 32.2. The molecule has 2 atom stereocenters. The summed E-state index contributed by atoms with van der Waals surface area (Å²) < 4.78 is 37.0. The number of morpholine rings is 1. The Morgan fingerprint density at radius 3 is 2.27 bits per heavy atom. The number of ether oxygens (including phenoxy) is 2. The van der Waals surface area contributed by atoms with Gasteiger partial charge in [-0.2, -0.15) is 5.06 Å². The van der Waals surface area contributed by atoms with Crippen molar-refractivity contribution < 1.29 is 32.7 Å². The van der Waals surface area contributed by atoms with E-state index >= 15 is 0 Å². The quantitative estimate of drug-likeness (QED) is 0.518. The van der Waals surface area contributed by atoms with Crippen molar-refractivity contribution in [2.24, 2.45) is 11.7 Å². The number of primary amides is 1. The van der Waals surface area contributed by atoms with Crippen LogP contribution in [0.15, 0.2) is 29.2 Å². The van der Waals surface area contributed by atoms with Gasteiger partial charge < -0.3 is 25.3 Å². The summed E-state index contributed by atoms with van der Waals surface area (Å²) in [5, 5.41) is 9.50. The van der Waals surface area contributed by atoms with E-state index in [0.29, 0.717) is 37.1 Å². The largest absolute Gasteiger partial charge is 0.497 e. The van der Waals surface area contributed by atoms with E-state index in [-0.39, 0.29) is 4.90 Å². The highest BCUT2D eigenvalue weighted by Gasteiger charge is 2.41. The number of hydrogen-bond donors (Lipinski definition) is 2. The van der Waals surface area contributed by atoms with Crippen LogP contribution in [0.3, 0.4) is 0 Å². The average molecular weight is 444 g/mol. The number of carbonyl (C=O) groups is 2. The molecule has 1 aliphatic rings. The van der Waals surface area contributed by atoms with Gasteiger partial charge in [0.05, 0.1) is 31.6 Å². The number of rotatable bonds is 9. The Hall–Kier alpha value is -2.21. The van der Waals surface area contributed by atoms with Gasteiger partial charge in [-0.1, -0.05) is 13.8 Å². The summed E-state index contributed by atoms with van der Waals surface area (Å²) in [6, 6.07) is 4.28. The van der Waals surface area contributed by atoms with Gasteiger partial charge in [-0.3, -0.25) is 9.59 Å². The van der Waals surface area contributed by atoms with Gasteiger partial charge in [0.1, 0.15) is 11.8 Å². The van der Waals surface area contributed by atoms with Crippen molar-refractivity contribution in [1.29, 1.82) is 0 Å². The lowest BCUT2D eigenvalue weighted by molar-refractivity contribution is -0.170. The van der Waals surface area contributed by atoms with Gasteiger partial charge in [0.15, 0.2) is 15.2 Å². The van der Waals surface area contributed by atoms with Gasteiger partial charge in [-0.25, -0.2) is 8.42 Å². The summed E-state index contributed by atoms with van der Waals surface area (Å²) in [4.78, 5) is 26.1. The smallest absolute Gasteiger partial charge is 0.237 e. The Morgan fingerprint density at radius 1 is 1.23 bits per heavy atom. The highest BCUT2D eigenvalue weighted by Crippen LogP contribution is 2.26. The van der Waals surface area contributed by atoms with Crippen LogP contribution in [-0.2, 0) is 24.2 Å². The predicted octanol–water partition coefficient (Wildman–Crippen LogP) is 0.245. The molecule has 1 fully saturated rings. The minimum atomic E-state index is -4.24. The van der Waals surface area contributed by atoms with Crippen LogP contribution in [0.25, 0.3) is 0 Å². The molecule has 30 heavy (non-hydrogen) atoms. The number of carbonyl (C=O) groups excluding carboxylic acids is 2. The molecule has 10 nitrogen and oxygen atoms in total. The van der Waals surface area contributed by atoms with Crippen LogP contribution in [0, 0.1) is 5.92 Å². The van der Waals surface area contributed by atoms with Gasteiger partial charge in [0.25, 0.3) is 0 Å². The number of amides is 2. The lowest BCUT2D eigenvalue weighted by Gasteiger charge is -2.34. The third-order valence-corrected chi connectivity index (χ3v) is 6.99. The Balaban J connectivity index is 2.42. The molecule has 0 aliphatic carbocycles. The molecule has 0 radical (unpaired) electrons. The molecule has 0 saturated carbocycles. The zero-order valence-corrected chi connectivity index (χ0v) is 18.2. The molecule has 1 saturated heterocycles. The Labute approximate surface area is 176 Å². The normalized spacial score (nSPS) is 17.1. The first-order valence-corrected chi connectivity index (χ1v) is 11.1. The van der Waals surface area contributed by atoms with Crippen LogP contribution < -0.4 is 10.5 Å². The molecule has 0 aromatic heterocycles. The number of methoxy groups -OCH3 is 1. The minimum Gasteiger partial charge on any atom is -0.497 e. The zero-order chi connectivity index (χ0) is 22.5. The van der Waals surface area contributed by atoms with Crippen LogP contribution in [-0.4, -0.2) is 80.2 Å². The fraction of sp³-hybridized carbons (Fsp3) is 0.579. The molecule has 1 aromatic carbocycles. The van der Waals surface area contributed by atoms with E-state index in [1.54, 1.807) is 13.8 Å². The average Bonchev–Trinajstić information content (AvgIpc) is 2.71. The topological polar surface area (TPSA) is 139 Å². The summed E-state index contributed by atoms with van der Waals surface area (Å²) in [5.74, 6) is -1.39. The molecule has 3 N–H and O–H groups in total. The molecular formula is C19H29N3O7S. The second-order valence-electron chi connectivity index (χ2n) is 7.34. The van der Waals surface area contributed by atoms with E-state index in [2.05, 4.69) is 0 Å². The Morgan fingerprint density at radius 2 is 1.80 bits per heavy atom. The van der Waals surface area contributed by atoms with Crippen LogP contribution in [0.4, 0.5) is 0 Å². The lowest BCUT2D eigenvalue weighted by atomic mass is 10.0. The second-order valence-corrected chi connectivity index (χ2v) is 9.45. The molecule has 2 rings (SSSR count). The molecule has 1 aliphatic heterocycles. The summed E-state index contributed by atoms with van der Waals surface area (Å²) in [6.45, 7) is 4.59. The summed E-state index contributed by atoms with van der Waals surface area (Å²) >= 11 is 0. The SMILES string of the molecule is COc1ccc(S(=O)(=O)C(CC(=O)N2CCOCC2)N(O)[C@@H](C(N)=O)C(C)C)cc1. The van der Waals surface area contributed by atoms with E-state index < -0.39 is 45.4 Å². The standard InChI is InChI=1S/C19H29N3O7S/c1-13(2)18(19(20)24)22(25)17(12-16(23)21-8-10-29-11-9-21)30(26,27)15-6-4-14(28-3)5-7-15/h4-7,13,17-18,25H,8-12H2,1-3H3,(H2,20,24)/t17?,18-/m1/s1. The molecule has 0 bridgehead atoms. The first kappa shape index (κ1) is 24.1. The first-order chi connectivity index (χ1) is 14.1. The fourth-order valence-corrected chi connectivity index (χ4v) is 4.91. The summed E-state index contributed by atoms with van der Waals surface area (Å²) in [5.41, 5.74) is 5.41. The maximum atomic E-state index is 13.4. The van der Waals surface area contributed by atoms with Crippen LogP contribution in [0.1, 0.15) is 20.3 Å². The molecule has 2 amide bonds. The highest BCUT2D eigenvalue weighted by molar-refractivity contribution is 7.92. The second kappa shape index (κ2) is 10.2. The number of hydroxylamine groups is 2. The van der Waals surface area contributed by atoms with E-state index in [1.807, 2.05) is 0 Å². The number of nitrogens with zero attached hydrogens (tertiary/aromatic N) is 2. The molecule has 1 heterocycles. The zero-order valence-electron chi connectivity index (χ0n) is 17.4. The van der Waals surface area contributed by atoms with Crippen LogP contribution in [0.5, 0.6) is 5.75 Å². The third kappa shape index (κ3) is 5.48. The van der Waals surface area contributed by atoms with E-state index in [0.717, 1.165) is 0 Å². The van der Waals surface area contributed by atoms with E-state index in [9.17, 15) is 23.2 Å². The van der Waals surface area contributed by atoms with Crippen molar-refractivity contribution in [1.82, 2.24) is 9.96 Å². The molecular weight excluding hydrogens is 414 g/mol. The van der Waals surface area contributed by atoms with Gasteiger partial charge in [-0.05, 0) is 30.2 Å². The third-order valence-electron chi connectivity index (χ3n) is 4.96. The first-order valence-electron chi connectivity index (χ1n) is 9.59. The summed E-state index contributed by atoms with van der Waals surface area (Å²) in [7, 11) is -2.79. The van der Waals surface area contributed by atoms with Crippen molar-refractivity contribution >= 4 is 21.7 Å². The van der Waals surface area contributed by atoms with Crippen molar-refractivity contribution in [2.45, 2.75) is 36.6 Å². The molecule has 11 heteroatoms. The Kier molecular flexibility index (Phi) is 8.18. The van der Waals surface area contributed by atoms with Crippen molar-refractivity contribution in [3.05, 3.63) is 24.3 Å². The molecule has 168 valence electrons. The van der Waals surface area contributed by atoms with Crippen molar-refractivity contribution in [2.75, 3.05) is 33.4 Å². The van der Waals surface area contributed by atoms with Crippen molar-refractivity contribution in [3.63, 3.8) is 0 Å². The van der Waals surface area contributed by atoms with Crippen LogP contribution in [0.2, 0.25) is 0 Å².